The maximum atomic E-state index is 12.8. The van der Waals surface area contributed by atoms with Crippen molar-refractivity contribution in [2.75, 3.05) is 56.4 Å². The highest BCUT2D eigenvalue weighted by Gasteiger charge is 2.24. The number of rotatable bonds is 5. The summed E-state index contributed by atoms with van der Waals surface area (Å²) in [5, 5.41) is 3.48. The summed E-state index contributed by atoms with van der Waals surface area (Å²) < 4.78 is 0. The summed E-state index contributed by atoms with van der Waals surface area (Å²) in [5.41, 5.74) is 1.79. The first kappa shape index (κ1) is 18.9. The number of nitrogens with zero attached hydrogens (tertiary/aromatic N) is 5. The van der Waals surface area contributed by atoms with Crippen molar-refractivity contribution in [3.05, 3.63) is 42.2 Å². The molecular formula is C20H28N6O. The minimum absolute atomic E-state index is 0.106. The van der Waals surface area contributed by atoms with Gasteiger partial charge in [-0.1, -0.05) is 6.07 Å². The van der Waals surface area contributed by atoms with Crippen molar-refractivity contribution in [1.82, 2.24) is 14.9 Å². The molecule has 1 aliphatic heterocycles. The minimum Gasteiger partial charge on any atom is -0.378 e. The van der Waals surface area contributed by atoms with E-state index in [0.29, 0.717) is 6.04 Å². The number of hydrogen-bond donors (Lipinski definition) is 1. The molecule has 1 N–H and O–H groups in total. The van der Waals surface area contributed by atoms with Crippen LogP contribution in [-0.2, 0) is 0 Å². The molecule has 1 amide bonds. The standard InChI is InChI=1S/C20H28N6O/c1-24(2)17-7-5-6-15(12-17)20(27)26-10-8-16(9-11-26)23-18-13-19(25(3)4)22-14-21-18/h5-7,12-14,16H,8-11H2,1-4H3,(H,21,22,23). The topological polar surface area (TPSA) is 64.6 Å². The SMILES string of the molecule is CN(C)c1cccc(C(=O)N2CCC(Nc3cc(N(C)C)ncn3)CC2)c1. The molecule has 144 valence electrons. The van der Waals surface area contributed by atoms with E-state index in [0.717, 1.165) is 48.8 Å². The van der Waals surface area contributed by atoms with Gasteiger partial charge in [-0.2, -0.15) is 0 Å². The van der Waals surface area contributed by atoms with E-state index in [1.54, 1.807) is 6.33 Å². The number of carbonyl (C=O) groups is 1. The van der Waals surface area contributed by atoms with E-state index in [9.17, 15) is 4.79 Å². The van der Waals surface area contributed by atoms with Crippen LogP contribution in [0.25, 0.3) is 0 Å². The molecule has 2 heterocycles. The van der Waals surface area contributed by atoms with Gasteiger partial charge < -0.3 is 20.0 Å². The van der Waals surface area contributed by atoms with E-state index in [4.69, 9.17) is 0 Å². The fraction of sp³-hybridized carbons (Fsp3) is 0.450. The van der Waals surface area contributed by atoms with E-state index in [1.165, 1.54) is 0 Å². The van der Waals surface area contributed by atoms with Gasteiger partial charge in [0, 0.05) is 64.6 Å². The van der Waals surface area contributed by atoms with Gasteiger partial charge in [-0.15, -0.1) is 0 Å². The molecule has 1 aliphatic rings. The van der Waals surface area contributed by atoms with Crippen LogP contribution in [0.3, 0.4) is 0 Å². The summed E-state index contributed by atoms with van der Waals surface area (Å²) in [6.45, 7) is 1.49. The lowest BCUT2D eigenvalue weighted by atomic mass is 10.0. The first-order chi connectivity index (χ1) is 12.9. The van der Waals surface area contributed by atoms with Gasteiger partial charge in [0.15, 0.2) is 0 Å². The number of benzene rings is 1. The van der Waals surface area contributed by atoms with Gasteiger partial charge in [-0.25, -0.2) is 9.97 Å². The van der Waals surface area contributed by atoms with Crippen LogP contribution in [0, 0.1) is 0 Å². The summed E-state index contributed by atoms with van der Waals surface area (Å²) in [7, 11) is 7.88. The van der Waals surface area contributed by atoms with E-state index in [-0.39, 0.29) is 5.91 Å². The molecule has 0 radical (unpaired) electrons. The lowest BCUT2D eigenvalue weighted by molar-refractivity contribution is 0.0718. The van der Waals surface area contributed by atoms with Crippen molar-refractivity contribution in [2.45, 2.75) is 18.9 Å². The second-order valence-corrected chi connectivity index (χ2v) is 7.31. The second kappa shape index (κ2) is 8.24. The van der Waals surface area contributed by atoms with Crippen LogP contribution in [0.2, 0.25) is 0 Å². The first-order valence-corrected chi connectivity index (χ1v) is 9.26. The highest BCUT2D eigenvalue weighted by Crippen LogP contribution is 2.20. The quantitative estimate of drug-likeness (QED) is 0.874. The Kier molecular flexibility index (Phi) is 5.78. The largest absolute Gasteiger partial charge is 0.378 e. The lowest BCUT2D eigenvalue weighted by Crippen LogP contribution is -2.42. The van der Waals surface area contributed by atoms with Gasteiger partial charge >= 0.3 is 0 Å². The van der Waals surface area contributed by atoms with Crippen molar-refractivity contribution >= 4 is 23.2 Å². The van der Waals surface area contributed by atoms with Crippen LogP contribution in [0.5, 0.6) is 0 Å². The Morgan fingerprint density at radius 2 is 1.81 bits per heavy atom. The Labute approximate surface area is 161 Å². The zero-order valence-corrected chi connectivity index (χ0v) is 16.5. The molecule has 0 bridgehead atoms. The molecule has 1 aromatic heterocycles. The average molecular weight is 368 g/mol. The monoisotopic (exact) mass is 368 g/mol. The van der Waals surface area contributed by atoms with E-state index in [2.05, 4.69) is 15.3 Å². The number of carbonyl (C=O) groups excluding carboxylic acids is 1. The molecular weight excluding hydrogens is 340 g/mol. The van der Waals surface area contributed by atoms with Crippen molar-refractivity contribution in [3.8, 4) is 0 Å². The normalized spacial score (nSPS) is 14.7. The Balaban J connectivity index is 1.58. The minimum atomic E-state index is 0.106. The van der Waals surface area contributed by atoms with Gasteiger partial charge in [-0.05, 0) is 31.0 Å². The number of piperidine rings is 1. The summed E-state index contributed by atoms with van der Waals surface area (Å²) in [4.78, 5) is 27.3. The molecule has 1 fully saturated rings. The Bertz CT molecular complexity index is 784. The van der Waals surface area contributed by atoms with Gasteiger partial charge in [0.1, 0.15) is 18.0 Å². The first-order valence-electron chi connectivity index (χ1n) is 9.26. The van der Waals surface area contributed by atoms with Gasteiger partial charge in [0.05, 0.1) is 0 Å². The van der Waals surface area contributed by atoms with Gasteiger partial charge in [-0.3, -0.25) is 4.79 Å². The predicted octanol–water partition coefficient (Wildman–Crippen LogP) is 2.33. The molecule has 7 nitrogen and oxygen atoms in total. The molecule has 27 heavy (non-hydrogen) atoms. The van der Waals surface area contributed by atoms with Crippen molar-refractivity contribution in [2.24, 2.45) is 0 Å². The fourth-order valence-corrected chi connectivity index (χ4v) is 3.21. The van der Waals surface area contributed by atoms with Crippen LogP contribution in [0.4, 0.5) is 17.3 Å². The third kappa shape index (κ3) is 4.67. The number of aromatic nitrogens is 2. The summed E-state index contributed by atoms with van der Waals surface area (Å²) in [5.74, 6) is 1.81. The average Bonchev–Trinajstić information content (AvgIpc) is 2.68. The molecule has 0 unspecified atom stereocenters. The van der Waals surface area contributed by atoms with E-state index in [1.807, 2.05) is 73.2 Å². The second-order valence-electron chi connectivity index (χ2n) is 7.31. The molecule has 0 atom stereocenters. The van der Waals surface area contributed by atoms with Crippen molar-refractivity contribution in [3.63, 3.8) is 0 Å². The molecule has 7 heteroatoms. The van der Waals surface area contributed by atoms with E-state index < -0.39 is 0 Å². The van der Waals surface area contributed by atoms with Crippen LogP contribution >= 0.6 is 0 Å². The number of amides is 1. The molecule has 1 saturated heterocycles. The maximum absolute atomic E-state index is 12.8. The highest BCUT2D eigenvalue weighted by atomic mass is 16.2. The summed E-state index contributed by atoms with van der Waals surface area (Å²) in [6, 6.07) is 10.1. The Morgan fingerprint density at radius 3 is 2.48 bits per heavy atom. The van der Waals surface area contributed by atoms with Gasteiger partial charge in [0.2, 0.25) is 0 Å². The van der Waals surface area contributed by atoms with Crippen molar-refractivity contribution in [1.29, 1.82) is 0 Å². The molecule has 0 aliphatic carbocycles. The van der Waals surface area contributed by atoms with Crippen LogP contribution in [0.15, 0.2) is 36.7 Å². The molecule has 1 aromatic carbocycles. The zero-order chi connectivity index (χ0) is 19.4. The van der Waals surface area contributed by atoms with Crippen LogP contribution in [0.1, 0.15) is 23.2 Å². The molecule has 0 spiro atoms. The fourth-order valence-electron chi connectivity index (χ4n) is 3.21. The number of nitrogens with one attached hydrogen (secondary N) is 1. The Morgan fingerprint density at radius 1 is 1.07 bits per heavy atom. The summed E-state index contributed by atoms with van der Waals surface area (Å²) >= 11 is 0. The number of likely N-dealkylation sites (tertiary alicyclic amines) is 1. The summed E-state index contributed by atoms with van der Waals surface area (Å²) in [6.07, 6.45) is 3.38. The molecule has 3 rings (SSSR count). The number of anilines is 3. The predicted molar refractivity (Wildman–Crippen MR) is 110 cm³/mol. The Hall–Kier alpha value is -2.83. The van der Waals surface area contributed by atoms with Gasteiger partial charge in [0.25, 0.3) is 5.91 Å². The van der Waals surface area contributed by atoms with Crippen LogP contribution < -0.4 is 15.1 Å². The molecule has 0 saturated carbocycles. The zero-order valence-electron chi connectivity index (χ0n) is 16.5. The lowest BCUT2D eigenvalue weighted by Gasteiger charge is -2.33. The maximum Gasteiger partial charge on any atom is 0.253 e. The van der Waals surface area contributed by atoms with Crippen molar-refractivity contribution < 1.29 is 4.79 Å². The smallest absolute Gasteiger partial charge is 0.253 e. The highest BCUT2D eigenvalue weighted by molar-refractivity contribution is 5.95. The number of hydrogen-bond acceptors (Lipinski definition) is 6. The van der Waals surface area contributed by atoms with E-state index >= 15 is 0 Å². The molecule has 2 aromatic rings. The third-order valence-corrected chi connectivity index (χ3v) is 4.85. The third-order valence-electron chi connectivity index (χ3n) is 4.85. The van der Waals surface area contributed by atoms with Crippen LogP contribution in [-0.4, -0.2) is 68.1 Å².